The molecule has 0 aromatic rings. The molecule has 0 aromatic carbocycles. The summed E-state index contributed by atoms with van der Waals surface area (Å²) in [6.45, 7) is 0.895. The highest BCUT2D eigenvalue weighted by atomic mass is 35.7. The molecule has 138 valence electrons. The van der Waals surface area contributed by atoms with E-state index >= 15 is 0 Å². The predicted molar refractivity (Wildman–Crippen MR) is 116 cm³/mol. The van der Waals surface area contributed by atoms with E-state index in [9.17, 15) is 0 Å². The monoisotopic (exact) mass is 504 g/mol. The van der Waals surface area contributed by atoms with Crippen molar-refractivity contribution in [3.05, 3.63) is 0 Å². The topological polar surface area (TPSA) is 46.8 Å². The fourth-order valence-electron chi connectivity index (χ4n) is 2.07. The largest absolute Gasteiger partial charge is 0.401 e. The molecule has 0 N–H and O–H groups in total. The molecule has 1 rings (SSSR count). The van der Waals surface area contributed by atoms with Crippen molar-refractivity contribution in [3.8, 4) is 0 Å². The van der Waals surface area contributed by atoms with E-state index in [1.807, 2.05) is 0 Å². The van der Waals surface area contributed by atoms with Gasteiger partial charge >= 0.3 is 21.0 Å². The van der Waals surface area contributed by atoms with Gasteiger partial charge < -0.3 is 0 Å². The van der Waals surface area contributed by atoms with Gasteiger partial charge in [0, 0.05) is 59.4 Å². The highest BCUT2D eigenvalue weighted by molar-refractivity contribution is 7.62. The van der Waals surface area contributed by atoms with Gasteiger partial charge in [0.15, 0.2) is 0 Å². The molecular formula is C9H18Cl6N6Si3. The summed E-state index contributed by atoms with van der Waals surface area (Å²) >= 11 is 40.5. The molecule has 15 heteroatoms. The van der Waals surface area contributed by atoms with Crippen LogP contribution >= 0.6 is 66.5 Å². The molecular weight excluding hydrogens is 489 g/mol. The summed E-state index contributed by atoms with van der Waals surface area (Å²) in [5, 5.41) is 0. The standard InChI is InChI=1S/C9H18Cl6N6Si3/c1-16-4-7-19-22(10,11)20(8-5-17-2)24(14,15)21(9-6-18-3)23(19,12)13/h4-6H,7-9H2,1-3H3. The molecule has 1 aliphatic rings. The fraction of sp³-hybridized carbons (Fsp3) is 0.667. The van der Waals surface area contributed by atoms with Crippen molar-refractivity contribution < 1.29 is 0 Å². The molecule has 0 aliphatic carbocycles. The lowest BCUT2D eigenvalue weighted by atomic mass is 10.7. The Morgan fingerprint density at radius 2 is 0.792 bits per heavy atom. The molecule has 0 atom stereocenters. The second-order valence-electron chi connectivity index (χ2n) is 4.68. The molecule has 0 saturated carbocycles. The third kappa shape index (κ3) is 4.76. The maximum Gasteiger partial charge on any atom is 0.401 e. The van der Waals surface area contributed by atoms with E-state index in [4.69, 9.17) is 66.5 Å². The average Bonchev–Trinajstić information content (AvgIpc) is 2.46. The maximum absolute atomic E-state index is 6.75. The van der Waals surface area contributed by atoms with Gasteiger partial charge in [-0.15, -0.1) is 66.5 Å². The Bertz CT molecular complexity index is 427. The molecule has 1 saturated heterocycles. The van der Waals surface area contributed by atoms with E-state index in [0.29, 0.717) is 19.6 Å². The van der Waals surface area contributed by atoms with Crippen LogP contribution < -0.4 is 0 Å². The summed E-state index contributed by atoms with van der Waals surface area (Å²) in [7, 11) is -5.08. The molecule has 1 fully saturated rings. The molecule has 24 heavy (non-hydrogen) atoms. The van der Waals surface area contributed by atoms with Gasteiger partial charge in [0.1, 0.15) is 0 Å². The Morgan fingerprint density at radius 3 is 0.958 bits per heavy atom. The summed E-state index contributed by atoms with van der Waals surface area (Å²) in [6.07, 6.45) is 4.94. The maximum atomic E-state index is 6.75. The Labute approximate surface area is 173 Å². The Balaban J connectivity index is 3.44. The zero-order chi connectivity index (χ0) is 18.6. The Morgan fingerprint density at radius 1 is 0.583 bits per heavy atom. The summed E-state index contributed by atoms with van der Waals surface area (Å²) in [6, 6.07) is 0. The van der Waals surface area contributed by atoms with Crippen molar-refractivity contribution in [3.63, 3.8) is 0 Å². The van der Waals surface area contributed by atoms with Crippen LogP contribution in [0.15, 0.2) is 15.0 Å². The van der Waals surface area contributed by atoms with Gasteiger partial charge in [-0.1, -0.05) is 0 Å². The van der Waals surface area contributed by atoms with Crippen molar-refractivity contribution in [2.75, 3.05) is 40.8 Å². The predicted octanol–water partition coefficient (Wildman–Crippen LogP) is 2.75. The van der Waals surface area contributed by atoms with Crippen molar-refractivity contribution in [2.45, 2.75) is 0 Å². The van der Waals surface area contributed by atoms with Crippen molar-refractivity contribution in [2.24, 2.45) is 15.0 Å². The minimum Gasteiger partial charge on any atom is -0.300 e. The van der Waals surface area contributed by atoms with Crippen molar-refractivity contribution >= 4 is 106 Å². The van der Waals surface area contributed by atoms with Crippen LogP contribution in [0.5, 0.6) is 0 Å². The highest BCUT2D eigenvalue weighted by Crippen LogP contribution is 2.47. The zero-order valence-corrected chi connectivity index (χ0v) is 20.8. The van der Waals surface area contributed by atoms with Gasteiger partial charge in [-0.3, -0.25) is 27.7 Å². The Hall–Kier alpha value is 1.28. The zero-order valence-electron chi connectivity index (χ0n) is 13.3. The van der Waals surface area contributed by atoms with Gasteiger partial charge in [0.25, 0.3) is 0 Å². The normalized spacial score (nSPS) is 25.4. The first kappa shape index (κ1) is 23.3. The van der Waals surface area contributed by atoms with Crippen LogP contribution in [-0.2, 0) is 0 Å². The van der Waals surface area contributed by atoms with E-state index < -0.39 is 21.0 Å². The number of hydrogen-bond acceptors (Lipinski definition) is 6. The first-order valence-corrected chi connectivity index (χ1v) is 18.5. The van der Waals surface area contributed by atoms with Gasteiger partial charge in [-0.2, -0.15) is 0 Å². The molecule has 1 aliphatic heterocycles. The van der Waals surface area contributed by atoms with Crippen LogP contribution in [-0.4, -0.2) is 93.2 Å². The molecule has 0 unspecified atom stereocenters. The second kappa shape index (κ2) is 9.47. The lowest BCUT2D eigenvalue weighted by Gasteiger charge is -2.57. The summed E-state index contributed by atoms with van der Waals surface area (Å²) in [5.74, 6) is 0. The van der Waals surface area contributed by atoms with E-state index in [2.05, 4.69) is 15.0 Å². The minimum absolute atomic E-state index is 0.298. The van der Waals surface area contributed by atoms with Crippen LogP contribution in [0.3, 0.4) is 0 Å². The van der Waals surface area contributed by atoms with Crippen LogP contribution in [0.4, 0.5) is 0 Å². The number of hydrogen-bond donors (Lipinski definition) is 0. The van der Waals surface area contributed by atoms with E-state index in [-0.39, 0.29) is 0 Å². The third-order valence-electron chi connectivity index (χ3n) is 3.29. The number of rotatable bonds is 6. The fourth-order valence-corrected chi connectivity index (χ4v) is 32.1. The molecule has 0 spiro atoms. The molecule has 6 nitrogen and oxygen atoms in total. The smallest absolute Gasteiger partial charge is 0.300 e. The van der Waals surface area contributed by atoms with Gasteiger partial charge in [-0.05, 0) is 0 Å². The highest BCUT2D eigenvalue weighted by Gasteiger charge is 2.71. The van der Waals surface area contributed by atoms with E-state index in [1.165, 1.54) is 0 Å². The van der Waals surface area contributed by atoms with Crippen LogP contribution in [0, 0.1) is 0 Å². The van der Waals surface area contributed by atoms with Crippen molar-refractivity contribution in [1.29, 1.82) is 0 Å². The van der Waals surface area contributed by atoms with E-state index in [1.54, 1.807) is 52.5 Å². The third-order valence-corrected chi connectivity index (χ3v) is 26.6. The molecule has 0 aromatic heterocycles. The first-order valence-electron chi connectivity index (χ1n) is 6.77. The SMILES string of the molecule is CN=CCN1[Si](Cl)(Cl)N(CC=NC)[Si](Cl)(Cl)N(CC=NC)[Si]1(Cl)Cl. The second-order valence-corrected chi connectivity index (χ2v) is 23.5. The number of halogens is 6. The molecule has 0 bridgehead atoms. The van der Waals surface area contributed by atoms with Gasteiger partial charge in [0.2, 0.25) is 0 Å². The lowest BCUT2D eigenvalue weighted by molar-refractivity contribution is 0.517. The summed E-state index contributed by atoms with van der Waals surface area (Å²) in [5.41, 5.74) is 0. The quantitative estimate of drug-likeness (QED) is 0.316. The average molecular weight is 507 g/mol. The number of aliphatic imine (C=N–C) groups is 3. The van der Waals surface area contributed by atoms with Crippen molar-refractivity contribution in [1.82, 2.24) is 12.7 Å². The molecule has 0 amide bonds. The summed E-state index contributed by atoms with van der Waals surface area (Å²) < 4.78 is 5.09. The molecule has 1 heterocycles. The Kier molecular flexibility index (Phi) is 9.20. The minimum atomic E-state index is -3.34. The van der Waals surface area contributed by atoms with Crippen LogP contribution in [0.2, 0.25) is 0 Å². The molecule has 0 radical (unpaired) electrons. The van der Waals surface area contributed by atoms with Crippen LogP contribution in [0.1, 0.15) is 0 Å². The van der Waals surface area contributed by atoms with Gasteiger partial charge in [-0.25, -0.2) is 0 Å². The summed E-state index contributed by atoms with van der Waals surface area (Å²) in [4.78, 5) is 11.9. The first-order chi connectivity index (χ1) is 11.1. The van der Waals surface area contributed by atoms with Crippen LogP contribution in [0.25, 0.3) is 0 Å². The van der Waals surface area contributed by atoms with Gasteiger partial charge in [0.05, 0.1) is 0 Å². The number of nitrogens with zero attached hydrogens (tertiary/aromatic N) is 6. The van der Waals surface area contributed by atoms with E-state index in [0.717, 1.165) is 0 Å². The lowest BCUT2D eigenvalue weighted by Crippen LogP contribution is -2.86.